The quantitative estimate of drug-likeness (QED) is 0.797. The lowest BCUT2D eigenvalue weighted by Crippen LogP contribution is -2.43. The van der Waals surface area contributed by atoms with E-state index in [1.54, 1.807) is 0 Å². The molecule has 1 amide bonds. The summed E-state index contributed by atoms with van der Waals surface area (Å²) in [5, 5.41) is 2.81. The number of piperidine rings is 1. The van der Waals surface area contributed by atoms with Gasteiger partial charge in [0.15, 0.2) is 11.6 Å². The lowest BCUT2D eigenvalue weighted by atomic mass is 10.0. The number of nitrogen functional groups attached to an aromatic ring is 1. The van der Waals surface area contributed by atoms with E-state index in [1.165, 1.54) is 0 Å². The van der Waals surface area contributed by atoms with Gasteiger partial charge in [-0.1, -0.05) is 0 Å². The summed E-state index contributed by atoms with van der Waals surface area (Å²) in [5.41, 5.74) is 5.48. The second kappa shape index (κ2) is 5.52. The van der Waals surface area contributed by atoms with E-state index in [-0.39, 0.29) is 17.3 Å². The molecule has 0 saturated carbocycles. The van der Waals surface area contributed by atoms with Gasteiger partial charge in [0, 0.05) is 17.8 Å². The summed E-state index contributed by atoms with van der Waals surface area (Å²) >= 11 is 0. The highest BCUT2D eigenvalue weighted by Gasteiger charge is 2.21. The molecule has 1 fully saturated rings. The summed E-state index contributed by atoms with van der Waals surface area (Å²) in [4.78, 5) is 14.2. The molecular formula is C13H17F2N3O. The number of nitrogens with zero attached hydrogens (tertiary/aromatic N) is 1. The lowest BCUT2D eigenvalue weighted by Gasteiger charge is -2.29. The van der Waals surface area contributed by atoms with Gasteiger partial charge in [0.2, 0.25) is 0 Å². The summed E-state index contributed by atoms with van der Waals surface area (Å²) in [5.74, 6) is -2.57. The largest absolute Gasteiger partial charge is 0.398 e. The first-order valence-electron chi connectivity index (χ1n) is 6.21. The van der Waals surface area contributed by atoms with Crippen LogP contribution in [0.1, 0.15) is 23.2 Å². The van der Waals surface area contributed by atoms with E-state index in [2.05, 4.69) is 10.2 Å². The van der Waals surface area contributed by atoms with Crippen LogP contribution < -0.4 is 11.1 Å². The molecule has 3 N–H and O–H groups in total. The maximum atomic E-state index is 13.1. The molecule has 0 aromatic heterocycles. The van der Waals surface area contributed by atoms with Gasteiger partial charge in [-0.25, -0.2) is 8.78 Å². The molecule has 104 valence electrons. The fraction of sp³-hybridized carbons (Fsp3) is 0.462. The highest BCUT2D eigenvalue weighted by molar-refractivity contribution is 5.99. The maximum Gasteiger partial charge on any atom is 0.253 e. The predicted molar refractivity (Wildman–Crippen MR) is 68.8 cm³/mol. The smallest absolute Gasteiger partial charge is 0.253 e. The zero-order valence-corrected chi connectivity index (χ0v) is 10.7. The Morgan fingerprint density at radius 2 is 1.89 bits per heavy atom. The summed E-state index contributed by atoms with van der Waals surface area (Å²) in [6.45, 7) is 1.80. The van der Waals surface area contributed by atoms with Gasteiger partial charge < -0.3 is 16.0 Å². The maximum absolute atomic E-state index is 13.1. The van der Waals surface area contributed by atoms with Crippen molar-refractivity contribution < 1.29 is 13.6 Å². The Hall–Kier alpha value is -1.69. The van der Waals surface area contributed by atoms with E-state index in [9.17, 15) is 13.6 Å². The third kappa shape index (κ3) is 3.20. The van der Waals surface area contributed by atoms with Gasteiger partial charge in [-0.3, -0.25) is 4.79 Å². The summed E-state index contributed by atoms with van der Waals surface area (Å²) < 4.78 is 26.1. The van der Waals surface area contributed by atoms with Crippen molar-refractivity contribution in [2.24, 2.45) is 0 Å². The number of nitrogens with two attached hydrogens (primary N) is 1. The first-order valence-corrected chi connectivity index (χ1v) is 6.21. The molecule has 1 aromatic rings. The van der Waals surface area contributed by atoms with Crippen molar-refractivity contribution in [1.82, 2.24) is 10.2 Å². The second-order valence-corrected chi connectivity index (χ2v) is 4.90. The number of rotatable bonds is 2. The number of hydrogen-bond acceptors (Lipinski definition) is 3. The number of benzene rings is 1. The molecule has 19 heavy (non-hydrogen) atoms. The minimum Gasteiger partial charge on any atom is -0.398 e. The van der Waals surface area contributed by atoms with Crippen LogP contribution in [0.3, 0.4) is 0 Å². The second-order valence-electron chi connectivity index (χ2n) is 4.90. The first kappa shape index (κ1) is 13.7. The molecule has 0 bridgehead atoms. The minimum absolute atomic E-state index is 0.0159. The summed E-state index contributed by atoms with van der Waals surface area (Å²) in [6, 6.07) is 1.73. The van der Waals surface area contributed by atoms with Crippen LogP contribution >= 0.6 is 0 Å². The number of hydrogen-bond donors (Lipinski definition) is 2. The molecule has 1 saturated heterocycles. The van der Waals surface area contributed by atoms with E-state index in [0.29, 0.717) is 0 Å². The molecular weight excluding hydrogens is 252 g/mol. The standard InChI is InChI=1S/C13H17F2N3O/c1-18-4-2-8(3-5-18)17-13(19)9-6-10(14)11(15)7-12(9)16/h6-8H,2-5,16H2,1H3,(H,17,19). The summed E-state index contributed by atoms with van der Waals surface area (Å²) in [6.07, 6.45) is 1.68. The van der Waals surface area contributed by atoms with Gasteiger partial charge >= 0.3 is 0 Å². The number of likely N-dealkylation sites (tertiary alicyclic amines) is 1. The van der Waals surface area contributed by atoms with E-state index in [1.807, 2.05) is 7.05 Å². The minimum atomic E-state index is -1.07. The van der Waals surface area contributed by atoms with Crippen LogP contribution in [0.4, 0.5) is 14.5 Å². The van der Waals surface area contributed by atoms with Crippen LogP contribution in [-0.4, -0.2) is 37.0 Å². The molecule has 0 spiro atoms. The Morgan fingerprint density at radius 1 is 1.32 bits per heavy atom. The van der Waals surface area contributed by atoms with Gasteiger partial charge in [-0.2, -0.15) is 0 Å². The zero-order valence-electron chi connectivity index (χ0n) is 10.7. The molecule has 2 rings (SSSR count). The molecule has 0 radical (unpaired) electrons. The van der Waals surface area contributed by atoms with Crippen LogP contribution in [0.2, 0.25) is 0 Å². The Morgan fingerprint density at radius 3 is 2.53 bits per heavy atom. The van der Waals surface area contributed by atoms with Crippen LogP contribution in [0, 0.1) is 11.6 Å². The highest BCUT2D eigenvalue weighted by Crippen LogP contribution is 2.18. The zero-order chi connectivity index (χ0) is 14.0. The van der Waals surface area contributed by atoms with Gasteiger partial charge in [-0.05, 0) is 39.0 Å². The Kier molecular flexibility index (Phi) is 3.99. The van der Waals surface area contributed by atoms with Gasteiger partial charge in [0.25, 0.3) is 5.91 Å². The molecule has 1 aliphatic rings. The van der Waals surface area contributed by atoms with Crippen molar-refractivity contribution in [3.05, 3.63) is 29.3 Å². The number of amides is 1. The highest BCUT2D eigenvalue weighted by atomic mass is 19.2. The SMILES string of the molecule is CN1CCC(NC(=O)c2cc(F)c(F)cc2N)CC1. The fourth-order valence-corrected chi connectivity index (χ4v) is 2.17. The van der Waals surface area contributed by atoms with Crippen molar-refractivity contribution in [1.29, 1.82) is 0 Å². The lowest BCUT2D eigenvalue weighted by molar-refractivity contribution is 0.0917. The number of carbonyl (C=O) groups is 1. The van der Waals surface area contributed by atoms with Crippen LogP contribution in [0.15, 0.2) is 12.1 Å². The Bertz CT molecular complexity index is 485. The first-order chi connectivity index (χ1) is 8.97. The molecule has 1 aliphatic heterocycles. The predicted octanol–water partition coefficient (Wildman–Crippen LogP) is 1.37. The topological polar surface area (TPSA) is 58.4 Å². The van der Waals surface area contributed by atoms with Crippen molar-refractivity contribution in [3.63, 3.8) is 0 Å². The van der Waals surface area contributed by atoms with Crippen LogP contribution in [0.25, 0.3) is 0 Å². The Labute approximate surface area is 110 Å². The number of carbonyl (C=O) groups excluding carboxylic acids is 1. The molecule has 0 unspecified atom stereocenters. The van der Waals surface area contributed by atoms with Gasteiger partial charge in [0.1, 0.15) is 0 Å². The van der Waals surface area contributed by atoms with Crippen molar-refractivity contribution in [2.75, 3.05) is 25.9 Å². The molecule has 4 nitrogen and oxygen atoms in total. The average molecular weight is 269 g/mol. The van der Waals surface area contributed by atoms with Gasteiger partial charge in [0.05, 0.1) is 5.56 Å². The average Bonchev–Trinajstić information content (AvgIpc) is 2.36. The van der Waals surface area contributed by atoms with Crippen molar-refractivity contribution >= 4 is 11.6 Å². The van der Waals surface area contributed by atoms with Crippen LogP contribution in [0.5, 0.6) is 0 Å². The van der Waals surface area contributed by atoms with Crippen LogP contribution in [-0.2, 0) is 0 Å². The normalized spacial score (nSPS) is 17.4. The van der Waals surface area contributed by atoms with E-state index >= 15 is 0 Å². The monoisotopic (exact) mass is 269 g/mol. The molecule has 0 aliphatic carbocycles. The molecule has 6 heteroatoms. The molecule has 1 aromatic carbocycles. The van der Waals surface area contributed by atoms with Crippen molar-refractivity contribution in [3.8, 4) is 0 Å². The van der Waals surface area contributed by atoms with E-state index in [0.717, 1.165) is 38.1 Å². The third-order valence-electron chi connectivity index (χ3n) is 3.39. The molecule has 1 heterocycles. The number of nitrogens with one attached hydrogen (secondary N) is 1. The third-order valence-corrected chi connectivity index (χ3v) is 3.39. The summed E-state index contributed by atoms with van der Waals surface area (Å²) in [7, 11) is 2.02. The fourth-order valence-electron chi connectivity index (χ4n) is 2.17. The molecule has 0 atom stereocenters. The van der Waals surface area contributed by atoms with Crippen molar-refractivity contribution in [2.45, 2.75) is 18.9 Å². The number of anilines is 1. The van der Waals surface area contributed by atoms with E-state index in [4.69, 9.17) is 5.73 Å². The Balaban J connectivity index is 2.06. The van der Waals surface area contributed by atoms with Gasteiger partial charge in [-0.15, -0.1) is 0 Å². The van der Waals surface area contributed by atoms with E-state index < -0.39 is 17.5 Å². The number of halogens is 2.